The maximum absolute atomic E-state index is 13.7. The quantitative estimate of drug-likeness (QED) is 0.789. The van der Waals surface area contributed by atoms with Crippen LogP contribution in [-0.2, 0) is 22.4 Å². The lowest BCUT2D eigenvalue weighted by atomic mass is 10.0. The first kappa shape index (κ1) is 13.3. The highest BCUT2D eigenvalue weighted by Gasteiger charge is 2.50. The molecule has 0 aliphatic carbocycles. The summed E-state index contributed by atoms with van der Waals surface area (Å²) in [5.41, 5.74) is -1.43. The number of halogens is 3. The Hall–Kier alpha value is -1.12. The lowest BCUT2D eigenvalue weighted by Gasteiger charge is -2.30. The van der Waals surface area contributed by atoms with E-state index in [-0.39, 0.29) is 0 Å². The third kappa shape index (κ3) is 1.80. The molecule has 0 radical (unpaired) electrons. The number of sulfone groups is 1. The molecule has 100 valence electrons. The Morgan fingerprint density at radius 2 is 2.00 bits per heavy atom. The monoisotopic (exact) mass is 282 g/mol. The van der Waals surface area contributed by atoms with Crippen LogP contribution >= 0.6 is 0 Å². The summed E-state index contributed by atoms with van der Waals surface area (Å²) in [6.45, 7) is -0.842. The number of fused-ring (bicyclic) bond motifs is 1. The summed E-state index contributed by atoms with van der Waals surface area (Å²) in [5, 5.41) is 18.0. The van der Waals surface area contributed by atoms with Gasteiger partial charge in [0, 0.05) is 11.1 Å². The summed E-state index contributed by atoms with van der Waals surface area (Å²) >= 11 is 0. The molecule has 1 aromatic rings. The van der Waals surface area contributed by atoms with E-state index in [1.807, 2.05) is 0 Å². The van der Waals surface area contributed by atoms with Gasteiger partial charge in [-0.25, -0.2) is 12.8 Å². The molecule has 1 atom stereocenters. The number of hydrogen-bond donors (Lipinski definition) is 2. The third-order valence-corrected chi connectivity index (χ3v) is 4.57. The summed E-state index contributed by atoms with van der Waals surface area (Å²) in [6.07, 6.45) is -2.38. The van der Waals surface area contributed by atoms with Crippen LogP contribution in [0.1, 0.15) is 11.1 Å². The minimum absolute atomic E-state index is 0.447. The molecule has 1 aromatic carbocycles. The third-order valence-electron chi connectivity index (χ3n) is 2.81. The highest BCUT2D eigenvalue weighted by Crippen LogP contribution is 2.42. The molecule has 0 saturated heterocycles. The molecule has 8 heteroatoms. The zero-order valence-corrected chi connectivity index (χ0v) is 9.72. The van der Waals surface area contributed by atoms with Crippen LogP contribution < -0.4 is 0 Å². The van der Waals surface area contributed by atoms with Crippen LogP contribution in [0, 0.1) is 5.82 Å². The van der Waals surface area contributed by atoms with E-state index in [1.165, 1.54) is 0 Å². The van der Waals surface area contributed by atoms with Gasteiger partial charge in [0.1, 0.15) is 11.9 Å². The molecular weight excluding hydrogens is 273 g/mol. The summed E-state index contributed by atoms with van der Waals surface area (Å²) in [4.78, 5) is -0.840. The van der Waals surface area contributed by atoms with Crippen molar-refractivity contribution >= 4 is 9.84 Å². The fraction of sp³-hybridized carbons (Fsp3) is 0.400. The first-order valence-electron chi connectivity index (χ1n) is 4.92. The van der Waals surface area contributed by atoms with Crippen molar-refractivity contribution in [2.45, 2.75) is 23.5 Å². The van der Waals surface area contributed by atoms with Gasteiger partial charge < -0.3 is 10.2 Å². The van der Waals surface area contributed by atoms with E-state index in [2.05, 4.69) is 0 Å². The van der Waals surface area contributed by atoms with E-state index in [9.17, 15) is 21.6 Å². The van der Waals surface area contributed by atoms with Crippen molar-refractivity contribution in [2.24, 2.45) is 0 Å². The second-order valence-corrected chi connectivity index (χ2v) is 6.02. The number of aliphatic hydroxyl groups excluding tert-OH is 2. The Balaban J connectivity index is 2.80. The lowest BCUT2D eigenvalue weighted by molar-refractivity contribution is -0.109. The Morgan fingerprint density at radius 3 is 2.56 bits per heavy atom. The van der Waals surface area contributed by atoms with E-state index < -0.39 is 56.1 Å². The molecule has 2 rings (SSSR count). The van der Waals surface area contributed by atoms with Crippen molar-refractivity contribution in [3.63, 3.8) is 0 Å². The van der Waals surface area contributed by atoms with E-state index >= 15 is 0 Å². The molecular formula is C10H9F3O4S. The van der Waals surface area contributed by atoms with Crippen LogP contribution in [0.25, 0.3) is 0 Å². The van der Waals surface area contributed by atoms with E-state index in [0.29, 0.717) is 12.1 Å². The van der Waals surface area contributed by atoms with E-state index in [0.717, 1.165) is 0 Å². The van der Waals surface area contributed by atoms with Gasteiger partial charge in [-0.05, 0) is 12.1 Å². The first-order valence-corrected chi connectivity index (χ1v) is 6.57. The molecule has 0 spiro atoms. The first-order chi connectivity index (χ1) is 8.20. The number of rotatable bonds is 1. The van der Waals surface area contributed by atoms with Crippen LogP contribution in [0.5, 0.6) is 0 Å². The number of hydrogen-bond acceptors (Lipinski definition) is 4. The molecule has 0 bridgehead atoms. The van der Waals surface area contributed by atoms with Crippen molar-refractivity contribution in [3.8, 4) is 0 Å². The summed E-state index contributed by atoms with van der Waals surface area (Å²) in [6, 6.07) is 1.03. The van der Waals surface area contributed by atoms with Gasteiger partial charge in [0.25, 0.3) is 0 Å². The zero-order valence-electron chi connectivity index (χ0n) is 8.90. The number of benzene rings is 1. The van der Waals surface area contributed by atoms with Crippen LogP contribution in [-0.4, -0.2) is 30.5 Å². The average molecular weight is 282 g/mol. The van der Waals surface area contributed by atoms with Crippen molar-refractivity contribution in [2.75, 3.05) is 5.75 Å². The molecule has 0 saturated carbocycles. The predicted octanol–water partition coefficient (Wildman–Crippen LogP) is 0.558. The summed E-state index contributed by atoms with van der Waals surface area (Å²) in [7, 11) is -4.16. The molecule has 18 heavy (non-hydrogen) atoms. The normalized spacial score (nSPS) is 24.6. The molecule has 0 amide bonds. The topological polar surface area (TPSA) is 74.6 Å². The van der Waals surface area contributed by atoms with Gasteiger partial charge in [-0.2, -0.15) is 8.78 Å². The molecule has 4 nitrogen and oxygen atoms in total. The van der Waals surface area contributed by atoms with Gasteiger partial charge in [0.2, 0.25) is 0 Å². The van der Waals surface area contributed by atoms with Crippen LogP contribution in [0.4, 0.5) is 13.2 Å². The van der Waals surface area contributed by atoms with Gasteiger partial charge in [-0.15, -0.1) is 0 Å². The van der Waals surface area contributed by atoms with Crippen molar-refractivity contribution < 1.29 is 31.8 Å². The van der Waals surface area contributed by atoms with Gasteiger partial charge >= 0.3 is 5.92 Å². The van der Waals surface area contributed by atoms with Gasteiger partial charge in [-0.3, -0.25) is 0 Å². The highest BCUT2D eigenvalue weighted by atomic mass is 32.2. The van der Waals surface area contributed by atoms with Crippen LogP contribution in [0.15, 0.2) is 17.0 Å². The Labute approximate surface area is 101 Å². The van der Waals surface area contributed by atoms with Crippen LogP contribution in [0.2, 0.25) is 0 Å². The fourth-order valence-corrected chi connectivity index (χ4v) is 3.44. The van der Waals surface area contributed by atoms with Crippen molar-refractivity contribution in [3.05, 3.63) is 29.1 Å². The van der Waals surface area contributed by atoms with Crippen LogP contribution in [0.3, 0.4) is 0 Å². The molecule has 1 aliphatic heterocycles. The molecule has 1 aliphatic rings. The lowest BCUT2D eigenvalue weighted by Crippen LogP contribution is -2.42. The molecule has 1 unspecified atom stereocenters. The Morgan fingerprint density at radius 1 is 1.39 bits per heavy atom. The maximum atomic E-state index is 13.7. The fourth-order valence-electron chi connectivity index (χ4n) is 1.82. The molecule has 1 heterocycles. The Kier molecular flexibility index (Phi) is 2.91. The number of alkyl halides is 2. The van der Waals surface area contributed by atoms with Crippen molar-refractivity contribution in [1.29, 1.82) is 0 Å². The second-order valence-electron chi connectivity index (χ2n) is 4.02. The zero-order chi connectivity index (χ0) is 13.7. The predicted molar refractivity (Wildman–Crippen MR) is 54.3 cm³/mol. The maximum Gasteiger partial charge on any atom is 0.300 e. The van der Waals surface area contributed by atoms with Gasteiger partial charge in [-0.1, -0.05) is 0 Å². The Bertz CT molecular complexity index is 597. The second kappa shape index (κ2) is 3.94. The standard InChI is InChI=1S/C10H9F3O4S/c11-7-2-8-6(1-5(7)3-14)10(12,13)9(15)4-18(8,16)17/h1-2,9,14-15H,3-4H2. The largest absolute Gasteiger partial charge is 0.392 e. The summed E-state index contributed by atoms with van der Waals surface area (Å²) in [5.74, 6) is -6.03. The smallest absolute Gasteiger partial charge is 0.300 e. The summed E-state index contributed by atoms with van der Waals surface area (Å²) < 4.78 is 63.9. The molecule has 0 fully saturated rings. The van der Waals surface area contributed by atoms with E-state index in [1.54, 1.807) is 0 Å². The average Bonchev–Trinajstić information content (AvgIpc) is 2.26. The number of aliphatic hydroxyl groups is 2. The minimum atomic E-state index is -4.16. The SMILES string of the molecule is O=S1(=O)CC(O)C(F)(F)c2cc(CO)c(F)cc21. The molecule has 2 N–H and O–H groups in total. The van der Waals surface area contributed by atoms with E-state index in [4.69, 9.17) is 10.2 Å². The van der Waals surface area contributed by atoms with Gasteiger partial charge in [0.15, 0.2) is 9.84 Å². The minimum Gasteiger partial charge on any atom is -0.392 e. The molecule has 0 aromatic heterocycles. The van der Waals surface area contributed by atoms with Crippen molar-refractivity contribution in [1.82, 2.24) is 0 Å². The van der Waals surface area contributed by atoms with Gasteiger partial charge in [0.05, 0.1) is 17.3 Å². The highest BCUT2D eigenvalue weighted by molar-refractivity contribution is 7.91.